The maximum Gasteiger partial charge on any atom is 0.233 e. The number of thiocarbonyl (C=S) groups is 1. The molecular weight excluding hydrogens is 284 g/mol. The molecule has 7 heteroatoms. The number of hydrogen-bond acceptors (Lipinski definition) is 4. The first-order valence-corrected chi connectivity index (χ1v) is 8.61. The Morgan fingerprint density at radius 3 is 2.21 bits per heavy atom. The number of amides is 1. The van der Waals surface area contributed by atoms with Gasteiger partial charge >= 0.3 is 0 Å². The lowest BCUT2D eigenvalue weighted by molar-refractivity contribution is -0.127. The molecule has 1 fully saturated rings. The van der Waals surface area contributed by atoms with Gasteiger partial charge in [-0.3, -0.25) is 4.79 Å². The molecule has 0 heterocycles. The minimum absolute atomic E-state index is 0.0645. The Balaban J connectivity index is 2.78. The molecule has 1 saturated carbocycles. The van der Waals surface area contributed by atoms with Crippen molar-refractivity contribution in [3.63, 3.8) is 0 Å². The molecule has 0 bridgehead atoms. The van der Waals surface area contributed by atoms with Gasteiger partial charge in [-0.2, -0.15) is 0 Å². The number of nitrogens with two attached hydrogens (primary N) is 1. The second kappa shape index (κ2) is 5.36. The molecule has 1 amide bonds. The highest BCUT2D eigenvalue weighted by molar-refractivity contribution is 7.92. The van der Waals surface area contributed by atoms with E-state index in [1.54, 1.807) is 13.8 Å². The molecule has 0 spiro atoms. The molecule has 19 heavy (non-hydrogen) atoms. The third kappa shape index (κ3) is 3.25. The molecule has 0 aromatic heterocycles. The van der Waals surface area contributed by atoms with Gasteiger partial charge in [0, 0.05) is 12.8 Å². The topological polar surface area (TPSA) is 89.3 Å². The summed E-state index contributed by atoms with van der Waals surface area (Å²) in [7, 11) is -3.24. The number of sulfone groups is 1. The van der Waals surface area contributed by atoms with Crippen molar-refractivity contribution < 1.29 is 13.2 Å². The first-order valence-electron chi connectivity index (χ1n) is 6.31. The van der Waals surface area contributed by atoms with Gasteiger partial charge < -0.3 is 11.1 Å². The predicted molar refractivity (Wildman–Crippen MR) is 79.6 cm³/mol. The summed E-state index contributed by atoms with van der Waals surface area (Å²) in [6.07, 6.45) is 4.29. The summed E-state index contributed by atoms with van der Waals surface area (Å²) >= 11 is 5.02. The molecule has 0 unspecified atom stereocenters. The van der Waals surface area contributed by atoms with Gasteiger partial charge in [-0.1, -0.05) is 25.1 Å². The van der Waals surface area contributed by atoms with Gasteiger partial charge in [0.2, 0.25) is 5.91 Å². The molecule has 1 aliphatic carbocycles. The highest BCUT2D eigenvalue weighted by atomic mass is 32.2. The van der Waals surface area contributed by atoms with E-state index in [-0.39, 0.29) is 17.4 Å². The summed E-state index contributed by atoms with van der Waals surface area (Å²) in [5.74, 6) is -0.241. The van der Waals surface area contributed by atoms with Crippen LogP contribution in [0.5, 0.6) is 0 Å². The molecule has 0 aromatic rings. The largest absolute Gasteiger partial charge is 0.392 e. The monoisotopic (exact) mass is 306 g/mol. The molecule has 0 aromatic carbocycles. The van der Waals surface area contributed by atoms with Crippen LogP contribution in [0, 0.1) is 5.41 Å². The average molecular weight is 306 g/mol. The fraction of sp³-hybridized carbons (Fsp3) is 0.833. The van der Waals surface area contributed by atoms with Gasteiger partial charge in [0.05, 0.1) is 15.2 Å². The van der Waals surface area contributed by atoms with Crippen molar-refractivity contribution in [2.24, 2.45) is 11.1 Å². The van der Waals surface area contributed by atoms with Gasteiger partial charge in [0.1, 0.15) is 0 Å². The Morgan fingerprint density at radius 2 is 1.84 bits per heavy atom. The van der Waals surface area contributed by atoms with Crippen LogP contribution in [-0.2, 0) is 14.6 Å². The third-order valence-electron chi connectivity index (χ3n) is 4.04. The van der Waals surface area contributed by atoms with Crippen molar-refractivity contribution in [2.45, 2.75) is 44.3 Å². The number of carbonyl (C=O) groups excluding carboxylic acids is 1. The summed E-state index contributed by atoms with van der Waals surface area (Å²) in [6.45, 7) is 3.24. The van der Waals surface area contributed by atoms with Crippen molar-refractivity contribution in [1.82, 2.24) is 5.32 Å². The van der Waals surface area contributed by atoms with Crippen LogP contribution in [0.4, 0.5) is 0 Å². The van der Waals surface area contributed by atoms with Crippen molar-refractivity contribution in [3.05, 3.63) is 0 Å². The van der Waals surface area contributed by atoms with Crippen molar-refractivity contribution in [1.29, 1.82) is 0 Å². The first kappa shape index (κ1) is 16.4. The summed E-state index contributed by atoms with van der Waals surface area (Å²) < 4.78 is 22.2. The third-order valence-corrected chi connectivity index (χ3v) is 6.58. The highest BCUT2D eigenvalue weighted by Gasteiger charge is 2.44. The van der Waals surface area contributed by atoms with Crippen LogP contribution in [-0.4, -0.2) is 36.9 Å². The average Bonchev–Trinajstić information content (AvgIpc) is 2.74. The van der Waals surface area contributed by atoms with E-state index >= 15 is 0 Å². The smallest absolute Gasteiger partial charge is 0.233 e. The number of nitrogens with one attached hydrogen (secondary N) is 1. The zero-order chi connectivity index (χ0) is 14.9. The van der Waals surface area contributed by atoms with Crippen molar-refractivity contribution >= 4 is 33.0 Å². The van der Waals surface area contributed by atoms with E-state index in [4.69, 9.17) is 18.0 Å². The standard InChI is InChI=1S/C12H22N2O3S2/c1-11(2,19(3,16)17)8-14-10(15)12(9(13)18)6-4-5-7-12/h4-8H2,1-3H3,(H2,13,18)(H,14,15). The van der Waals surface area contributed by atoms with Crippen LogP contribution in [0.15, 0.2) is 0 Å². The van der Waals surface area contributed by atoms with Crippen LogP contribution in [0.25, 0.3) is 0 Å². The normalized spacial score (nSPS) is 19.1. The molecule has 3 N–H and O–H groups in total. The second-order valence-corrected chi connectivity index (χ2v) is 8.96. The Labute approximate surface area is 120 Å². The van der Waals surface area contributed by atoms with Crippen LogP contribution in [0.3, 0.4) is 0 Å². The lowest BCUT2D eigenvalue weighted by Gasteiger charge is -2.29. The van der Waals surface area contributed by atoms with E-state index in [1.807, 2.05) is 0 Å². The summed E-state index contributed by atoms with van der Waals surface area (Å²) in [5.41, 5.74) is 4.92. The fourth-order valence-electron chi connectivity index (χ4n) is 2.16. The zero-order valence-electron chi connectivity index (χ0n) is 11.7. The van der Waals surface area contributed by atoms with E-state index in [0.29, 0.717) is 12.8 Å². The number of hydrogen-bond donors (Lipinski definition) is 2. The molecule has 1 rings (SSSR count). The Morgan fingerprint density at radius 1 is 1.37 bits per heavy atom. The molecule has 110 valence electrons. The molecule has 0 atom stereocenters. The highest BCUT2D eigenvalue weighted by Crippen LogP contribution is 2.38. The second-order valence-electron chi connectivity index (χ2n) is 5.87. The van der Waals surface area contributed by atoms with Gasteiger partial charge in [0.15, 0.2) is 9.84 Å². The van der Waals surface area contributed by atoms with E-state index in [1.165, 1.54) is 0 Å². The van der Waals surface area contributed by atoms with Crippen LogP contribution in [0.2, 0.25) is 0 Å². The van der Waals surface area contributed by atoms with E-state index in [9.17, 15) is 13.2 Å². The molecule has 1 aliphatic rings. The van der Waals surface area contributed by atoms with E-state index in [0.717, 1.165) is 19.1 Å². The molecule has 5 nitrogen and oxygen atoms in total. The molecule has 0 saturated heterocycles. The first-order chi connectivity index (χ1) is 8.53. The van der Waals surface area contributed by atoms with Gasteiger partial charge in [-0.15, -0.1) is 0 Å². The zero-order valence-corrected chi connectivity index (χ0v) is 13.3. The maximum absolute atomic E-state index is 12.3. The van der Waals surface area contributed by atoms with Crippen LogP contribution >= 0.6 is 12.2 Å². The molecule has 0 aliphatic heterocycles. The van der Waals surface area contributed by atoms with Gasteiger partial charge in [-0.25, -0.2) is 8.42 Å². The Bertz CT molecular complexity index is 477. The fourth-order valence-corrected chi connectivity index (χ4v) is 2.79. The van der Waals surface area contributed by atoms with E-state index in [2.05, 4.69) is 5.32 Å². The summed E-state index contributed by atoms with van der Waals surface area (Å²) in [4.78, 5) is 12.5. The summed E-state index contributed by atoms with van der Waals surface area (Å²) in [5, 5.41) is 2.71. The quantitative estimate of drug-likeness (QED) is 0.732. The van der Waals surface area contributed by atoms with Crippen molar-refractivity contribution in [3.8, 4) is 0 Å². The molecule has 0 radical (unpaired) electrons. The summed E-state index contributed by atoms with van der Waals surface area (Å²) in [6, 6.07) is 0. The number of carbonyl (C=O) groups is 1. The Kier molecular flexibility index (Phi) is 4.62. The van der Waals surface area contributed by atoms with Gasteiger partial charge in [-0.05, 0) is 26.7 Å². The lowest BCUT2D eigenvalue weighted by atomic mass is 9.85. The van der Waals surface area contributed by atoms with E-state index < -0.39 is 20.0 Å². The number of rotatable bonds is 5. The van der Waals surface area contributed by atoms with Gasteiger partial charge in [0.25, 0.3) is 0 Å². The minimum atomic E-state index is -3.24. The van der Waals surface area contributed by atoms with Crippen LogP contribution < -0.4 is 11.1 Å². The SMILES string of the molecule is CC(C)(CNC(=O)C1(C(N)=S)CCCC1)S(C)(=O)=O. The maximum atomic E-state index is 12.3. The van der Waals surface area contributed by atoms with Crippen molar-refractivity contribution in [2.75, 3.05) is 12.8 Å². The Hall–Kier alpha value is -0.690. The van der Waals surface area contributed by atoms with Crippen LogP contribution in [0.1, 0.15) is 39.5 Å². The lowest BCUT2D eigenvalue weighted by Crippen LogP contribution is -2.51. The minimum Gasteiger partial charge on any atom is -0.392 e. The molecular formula is C12H22N2O3S2. The predicted octanol–water partition coefficient (Wildman–Crippen LogP) is 0.772.